The van der Waals surface area contributed by atoms with Crippen molar-refractivity contribution in [2.75, 3.05) is 18.5 Å². The summed E-state index contributed by atoms with van der Waals surface area (Å²) in [6, 6.07) is 0. The second-order valence-electron chi connectivity index (χ2n) is 3.08. The van der Waals surface area contributed by atoms with Gasteiger partial charge in [-0.1, -0.05) is 6.92 Å². The molecule has 0 saturated heterocycles. The molecule has 1 rings (SSSR count). The number of anilines is 1. The molecular weight excluding hydrogens is 209 g/mol. The van der Waals surface area contributed by atoms with Crippen LogP contribution in [0.5, 0.6) is 5.88 Å². The fourth-order valence-corrected chi connectivity index (χ4v) is 0.981. The van der Waals surface area contributed by atoms with Gasteiger partial charge in [-0.3, -0.25) is 0 Å². The minimum absolute atomic E-state index is 0.0659. The summed E-state index contributed by atoms with van der Waals surface area (Å²) in [5.74, 6) is 2.11. The minimum atomic E-state index is -0.584. The number of ether oxygens (including phenoxy) is 1. The molecule has 0 aliphatic rings. The van der Waals surface area contributed by atoms with Crippen LogP contribution in [0, 0.1) is 18.2 Å². The summed E-state index contributed by atoms with van der Waals surface area (Å²) in [5, 5.41) is 2.94. The maximum Gasteiger partial charge on any atom is 0.255 e. The van der Waals surface area contributed by atoms with Gasteiger partial charge in [-0.2, -0.15) is 9.37 Å². The van der Waals surface area contributed by atoms with Gasteiger partial charge in [-0.05, 0) is 6.42 Å². The molecule has 0 aromatic carbocycles. The third-order valence-corrected chi connectivity index (χ3v) is 1.73. The Kier molecular flexibility index (Phi) is 5.06. The first-order chi connectivity index (χ1) is 7.77. The van der Waals surface area contributed by atoms with Crippen molar-refractivity contribution in [1.29, 1.82) is 0 Å². The Morgan fingerprint density at radius 3 is 3.12 bits per heavy atom. The quantitative estimate of drug-likeness (QED) is 0.590. The lowest BCUT2D eigenvalue weighted by Crippen LogP contribution is -2.07. The van der Waals surface area contributed by atoms with Crippen molar-refractivity contribution in [3.05, 3.63) is 12.0 Å². The Morgan fingerprint density at radius 2 is 2.44 bits per heavy atom. The molecule has 1 N–H and O–H groups in total. The first-order valence-electron chi connectivity index (χ1n) is 5.10. The number of rotatable bonds is 6. The van der Waals surface area contributed by atoms with E-state index < -0.39 is 5.82 Å². The lowest BCUT2D eigenvalue weighted by atomic mass is 10.5. The van der Waals surface area contributed by atoms with Crippen LogP contribution in [-0.2, 0) is 0 Å². The van der Waals surface area contributed by atoms with Crippen molar-refractivity contribution in [2.45, 2.75) is 19.8 Å². The van der Waals surface area contributed by atoms with Gasteiger partial charge in [0.2, 0.25) is 11.8 Å². The van der Waals surface area contributed by atoms with Crippen LogP contribution >= 0.6 is 0 Å². The van der Waals surface area contributed by atoms with E-state index in [0.29, 0.717) is 12.4 Å². The van der Waals surface area contributed by atoms with E-state index in [2.05, 4.69) is 21.2 Å². The van der Waals surface area contributed by atoms with Gasteiger partial charge in [0.1, 0.15) is 6.61 Å². The second-order valence-corrected chi connectivity index (χ2v) is 3.08. The molecule has 0 amide bonds. The lowest BCUT2D eigenvalue weighted by molar-refractivity contribution is 0.296. The fourth-order valence-electron chi connectivity index (χ4n) is 0.981. The molecule has 86 valence electrons. The molecule has 0 radical (unpaired) electrons. The van der Waals surface area contributed by atoms with E-state index in [-0.39, 0.29) is 12.5 Å². The Balaban J connectivity index is 2.63. The summed E-state index contributed by atoms with van der Waals surface area (Å²) in [6.07, 6.45) is 7.49. The zero-order valence-corrected chi connectivity index (χ0v) is 9.16. The van der Waals surface area contributed by atoms with Gasteiger partial charge in [0.25, 0.3) is 5.88 Å². The maximum atomic E-state index is 13.2. The summed E-state index contributed by atoms with van der Waals surface area (Å²) in [6.45, 7) is 2.99. The van der Waals surface area contributed by atoms with E-state index in [0.717, 1.165) is 19.2 Å². The normalized spacial score (nSPS) is 9.56. The highest BCUT2D eigenvalue weighted by Crippen LogP contribution is 2.14. The van der Waals surface area contributed by atoms with E-state index in [9.17, 15) is 4.39 Å². The number of nitrogens with zero attached hydrogens (tertiary/aromatic N) is 2. The van der Waals surface area contributed by atoms with Gasteiger partial charge in [-0.25, -0.2) is 4.98 Å². The van der Waals surface area contributed by atoms with E-state index in [4.69, 9.17) is 11.2 Å². The van der Waals surface area contributed by atoms with E-state index in [1.165, 1.54) is 0 Å². The molecule has 0 unspecified atom stereocenters. The van der Waals surface area contributed by atoms with Crippen molar-refractivity contribution >= 4 is 5.95 Å². The van der Waals surface area contributed by atoms with E-state index >= 15 is 0 Å². The topological polar surface area (TPSA) is 47.0 Å². The number of halogens is 1. The molecule has 0 spiro atoms. The highest BCUT2D eigenvalue weighted by molar-refractivity contribution is 5.28. The standard InChI is InChI=1S/C11H14FN3O/c1-3-5-7-16-10-9(12)8-14-11(15-10)13-6-4-2/h1,8H,4-7H2,2H3,(H,13,14,15). The van der Waals surface area contributed by atoms with Gasteiger partial charge in [0.05, 0.1) is 6.20 Å². The van der Waals surface area contributed by atoms with E-state index in [1.54, 1.807) is 0 Å². The summed E-state index contributed by atoms with van der Waals surface area (Å²) < 4.78 is 18.3. The highest BCUT2D eigenvalue weighted by atomic mass is 19.1. The van der Waals surface area contributed by atoms with Crippen LogP contribution in [-0.4, -0.2) is 23.1 Å². The molecule has 0 saturated carbocycles. The molecular formula is C11H14FN3O. The average molecular weight is 223 g/mol. The molecule has 4 nitrogen and oxygen atoms in total. The zero-order chi connectivity index (χ0) is 11.8. The molecule has 1 aromatic heterocycles. The number of hydrogen-bond acceptors (Lipinski definition) is 4. The summed E-state index contributed by atoms with van der Waals surface area (Å²) in [5.41, 5.74) is 0. The number of nitrogens with one attached hydrogen (secondary N) is 1. The fraction of sp³-hybridized carbons (Fsp3) is 0.455. The monoisotopic (exact) mass is 223 g/mol. The largest absolute Gasteiger partial charge is 0.474 e. The third kappa shape index (κ3) is 3.73. The Hall–Kier alpha value is -1.83. The van der Waals surface area contributed by atoms with Gasteiger partial charge in [0.15, 0.2) is 0 Å². The van der Waals surface area contributed by atoms with Crippen molar-refractivity contribution in [1.82, 2.24) is 9.97 Å². The Morgan fingerprint density at radius 1 is 1.62 bits per heavy atom. The van der Waals surface area contributed by atoms with Crippen molar-refractivity contribution < 1.29 is 9.13 Å². The number of aromatic nitrogens is 2. The van der Waals surface area contributed by atoms with Crippen LogP contribution in [0.2, 0.25) is 0 Å². The minimum Gasteiger partial charge on any atom is -0.474 e. The van der Waals surface area contributed by atoms with Crippen LogP contribution in [0.15, 0.2) is 6.20 Å². The Labute approximate surface area is 94.3 Å². The van der Waals surface area contributed by atoms with Crippen LogP contribution in [0.25, 0.3) is 0 Å². The van der Waals surface area contributed by atoms with Crippen LogP contribution in [0.4, 0.5) is 10.3 Å². The van der Waals surface area contributed by atoms with Crippen molar-refractivity contribution in [3.8, 4) is 18.2 Å². The summed E-state index contributed by atoms with van der Waals surface area (Å²) in [4.78, 5) is 7.68. The first kappa shape index (κ1) is 12.2. The number of hydrogen-bond donors (Lipinski definition) is 1. The average Bonchev–Trinajstić information content (AvgIpc) is 2.30. The highest BCUT2D eigenvalue weighted by Gasteiger charge is 2.07. The molecule has 1 aromatic rings. The molecule has 16 heavy (non-hydrogen) atoms. The Bertz CT molecular complexity index is 376. The molecule has 0 bridgehead atoms. The molecule has 1 heterocycles. The van der Waals surface area contributed by atoms with E-state index in [1.807, 2.05) is 6.92 Å². The molecule has 0 fully saturated rings. The van der Waals surface area contributed by atoms with Crippen molar-refractivity contribution in [2.24, 2.45) is 0 Å². The molecule has 0 aliphatic heterocycles. The molecule has 0 atom stereocenters. The molecule has 0 aliphatic carbocycles. The van der Waals surface area contributed by atoms with Gasteiger partial charge in [0, 0.05) is 13.0 Å². The first-order valence-corrected chi connectivity index (χ1v) is 5.10. The second kappa shape index (κ2) is 6.62. The van der Waals surface area contributed by atoms with Crippen LogP contribution in [0.3, 0.4) is 0 Å². The smallest absolute Gasteiger partial charge is 0.255 e. The third-order valence-electron chi connectivity index (χ3n) is 1.73. The lowest BCUT2D eigenvalue weighted by Gasteiger charge is -2.07. The molecule has 5 heteroatoms. The van der Waals surface area contributed by atoms with Gasteiger partial charge in [-0.15, -0.1) is 12.3 Å². The van der Waals surface area contributed by atoms with Crippen LogP contribution in [0.1, 0.15) is 19.8 Å². The predicted octanol–water partition coefficient (Wildman–Crippen LogP) is 1.84. The maximum absolute atomic E-state index is 13.2. The van der Waals surface area contributed by atoms with Crippen molar-refractivity contribution in [3.63, 3.8) is 0 Å². The van der Waals surface area contributed by atoms with Gasteiger partial charge < -0.3 is 10.1 Å². The summed E-state index contributed by atoms with van der Waals surface area (Å²) >= 11 is 0. The zero-order valence-electron chi connectivity index (χ0n) is 9.16. The SMILES string of the molecule is C#CCCOc1nc(NCCC)ncc1F. The van der Waals surface area contributed by atoms with Gasteiger partial charge >= 0.3 is 0 Å². The van der Waals surface area contributed by atoms with Crippen LogP contribution < -0.4 is 10.1 Å². The summed E-state index contributed by atoms with van der Waals surface area (Å²) in [7, 11) is 0. The predicted molar refractivity (Wildman–Crippen MR) is 59.7 cm³/mol. The number of terminal acetylenes is 1.